The van der Waals surface area contributed by atoms with Gasteiger partial charge in [-0.15, -0.1) is 0 Å². The Morgan fingerprint density at radius 3 is 2.38 bits per heavy atom. The van der Waals surface area contributed by atoms with Gasteiger partial charge in [0.15, 0.2) is 0 Å². The van der Waals surface area contributed by atoms with Crippen molar-refractivity contribution in [3.8, 4) is 0 Å². The molecule has 108 valence electrons. The molecule has 0 aliphatic heterocycles. The van der Waals surface area contributed by atoms with Gasteiger partial charge in [0.1, 0.15) is 0 Å². The zero-order valence-electron chi connectivity index (χ0n) is 11.7. The van der Waals surface area contributed by atoms with Gasteiger partial charge in [0, 0.05) is 5.02 Å². The SMILES string of the molecule is C/C(=N/NC(=O)c1ccc(C)cc1Cl)c1ccc(Cl)cc1. The van der Waals surface area contributed by atoms with E-state index in [9.17, 15) is 4.79 Å². The highest BCUT2D eigenvalue weighted by atomic mass is 35.5. The Bertz CT molecular complexity index is 694. The molecule has 2 rings (SSSR count). The van der Waals surface area contributed by atoms with Gasteiger partial charge in [-0.2, -0.15) is 5.10 Å². The predicted octanol–water partition coefficient (Wildman–Crippen LogP) is 4.46. The van der Waals surface area contributed by atoms with Crippen LogP contribution in [-0.2, 0) is 0 Å². The Labute approximate surface area is 133 Å². The van der Waals surface area contributed by atoms with Crippen molar-refractivity contribution in [3.63, 3.8) is 0 Å². The first-order chi connectivity index (χ1) is 9.97. The van der Waals surface area contributed by atoms with E-state index in [0.717, 1.165) is 11.1 Å². The fraction of sp³-hybridized carbons (Fsp3) is 0.125. The van der Waals surface area contributed by atoms with E-state index < -0.39 is 0 Å². The number of hydrazone groups is 1. The number of carbonyl (C=O) groups excluding carboxylic acids is 1. The number of benzene rings is 2. The second kappa shape index (κ2) is 6.74. The molecule has 0 aromatic heterocycles. The Morgan fingerprint density at radius 2 is 1.76 bits per heavy atom. The lowest BCUT2D eigenvalue weighted by Gasteiger charge is -2.05. The molecule has 0 fully saturated rings. The summed E-state index contributed by atoms with van der Waals surface area (Å²) in [6.45, 7) is 3.72. The van der Waals surface area contributed by atoms with Gasteiger partial charge >= 0.3 is 0 Å². The summed E-state index contributed by atoms with van der Waals surface area (Å²) in [4.78, 5) is 12.0. The highest BCUT2D eigenvalue weighted by molar-refractivity contribution is 6.34. The van der Waals surface area contributed by atoms with Crippen LogP contribution in [-0.4, -0.2) is 11.6 Å². The Balaban J connectivity index is 2.12. The van der Waals surface area contributed by atoms with E-state index >= 15 is 0 Å². The number of carbonyl (C=O) groups is 1. The number of amides is 1. The molecule has 0 aliphatic rings. The molecule has 5 heteroatoms. The molecule has 0 unspecified atom stereocenters. The largest absolute Gasteiger partial charge is 0.272 e. The van der Waals surface area contributed by atoms with E-state index in [2.05, 4.69) is 10.5 Å². The fourth-order valence-electron chi connectivity index (χ4n) is 1.75. The third-order valence-electron chi connectivity index (χ3n) is 2.96. The molecule has 1 amide bonds. The third kappa shape index (κ3) is 4.06. The molecule has 3 nitrogen and oxygen atoms in total. The molecule has 0 bridgehead atoms. The second-order valence-corrected chi connectivity index (χ2v) is 5.47. The van der Waals surface area contributed by atoms with Crippen LogP contribution < -0.4 is 5.43 Å². The number of rotatable bonds is 3. The van der Waals surface area contributed by atoms with Crippen LogP contribution in [0.3, 0.4) is 0 Å². The van der Waals surface area contributed by atoms with E-state index in [-0.39, 0.29) is 5.91 Å². The monoisotopic (exact) mass is 320 g/mol. The van der Waals surface area contributed by atoms with Crippen molar-refractivity contribution in [1.82, 2.24) is 5.43 Å². The van der Waals surface area contributed by atoms with Crippen LogP contribution >= 0.6 is 23.2 Å². The van der Waals surface area contributed by atoms with Crippen LogP contribution in [0.4, 0.5) is 0 Å². The first kappa shape index (κ1) is 15.5. The molecule has 2 aromatic carbocycles. The quantitative estimate of drug-likeness (QED) is 0.658. The standard InChI is InChI=1S/C16H14Cl2N2O/c1-10-3-8-14(15(18)9-10)16(21)20-19-11(2)12-4-6-13(17)7-5-12/h3-9H,1-2H3,(H,20,21)/b19-11-. The summed E-state index contributed by atoms with van der Waals surface area (Å²) in [5, 5.41) is 5.14. The van der Waals surface area contributed by atoms with Gasteiger partial charge in [-0.1, -0.05) is 41.4 Å². The number of hydrogen-bond donors (Lipinski definition) is 1. The minimum Gasteiger partial charge on any atom is -0.267 e. The Morgan fingerprint density at radius 1 is 1.10 bits per heavy atom. The van der Waals surface area contributed by atoms with Crippen molar-refractivity contribution < 1.29 is 4.79 Å². The molecular weight excluding hydrogens is 307 g/mol. The fourth-order valence-corrected chi connectivity index (χ4v) is 2.20. The van der Waals surface area contributed by atoms with Crippen LogP contribution in [0.5, 0.6) is 0 Å². The topological polar surface area (TPSA) is 41.5 Å². The van der Waals surface area contributed by atoms with Gasteiger partial charge in [0.25, 0.3) is 5.91 Å². The normalized spacial score (nSPS) is 11.3. The summed E-state index contributed by atoms with van der Waals surface area (Å²) in [7, 11) is 0. The lowest BCUT2D eigenvalue weighted by atomic mass is 10.1. The first-order valence-electron chi connectivity index (χ1n) is 6.34. The van der Waals surface area contributed by atoms with Crippen LogP contribution in [0.1, 0.15) is 28.4 Å². The van der Waals surface area contributed by atoms with Crippen molar-refractivity contribution in [2.24, 2.45) is 5.10 Å². The number of nitrogens with one attached hydrogen (secondary N) is 1. The van der Waals surface area contributed by atoms with Gasteiger partial charge in [0.2, 0.25) is 0 Å². The van der Waals surface area contributed by atoms with Crippen molar-refractivity contribution >= 4 is 34.8 Å². The van der Waals surface area contributed by atoms with Gasteiger partial charge in [-0.05, 0) is 49.2 Å². The highest BCUT2D eigenvalue weighted by Gasteiger charge is 2.09. The average Bonchev–Trinajstić information content (AvgIpc) is 2.45. The molecule has 2 aromatic rings. The molecule has 0 atom stereocenters. The molecule has 21 heavy (non-hydrogen) atoms. The van der Waals surface area contributed by atoms with Crippen LogP contribution in [0.25, 0.3) is 0 Å². The number of hydrogen-bond acceptors (Lipinski definition) is 2. The zero-order valence-corrected chi connectivity index (χ0v) is 13.2. The van der Waals surface area contributed by atoms with Gasteiger partial charge in [-0.25, -0.2) is 5.43 Å². The van der Waals surface area contributed by atoms with E-state index in [1.54, 1.807) is 31.2 Å². The highest BCUT2D eigenvalue weighted by Crippen LogP contribution is 2.17. The van der Waals surface area contributed by atoms with Crippen molar-refractivity contribution in [2.45, 2.75) is 13.8 Å². The van der Waals surface area contributed by atoms with Crippen molar-refractivity contribution in [3.05, 3.63) is 69.2 Å². The minimum absolute atomic E-state index is 0.340. The zero-order chi connectivity index (χ0) is 15.4. The van der Waals surface area contributed by atoms with E-state index in [4.69, 9.17) is 23.2 Å². The maximum atomic E-state index is 12.0. The van der Waals surface area contributed by atoms with Gasteiger partial charge < -0.3 is 0 Å². The Hall–Kier alpha value is -1.84. The third-order valence-corrected chi connectivity index (χ3v) is 3.52. The molecule has 0 aliphatic carbocycles. The van der Waals surface area contributed by atoms with E-state index in [1.807, 2.05) is 25.1 Å². The maximum absolute atomic E-state index is 12.0. The molecule has 1 N–H and O–H groups in total. The Kier molecular flexibility index (Phi) is 4.99. The molecular formula is C16H14Cl2N2O. The molecule has 0 radical (unpaired) electrons. The summed E-state index contributed by atoms with van der Waals surface area (Å²) < 4.78 is 0. The minimum atomic E-state index is -0.340. The number of halogens is 2. The summed E-state index contributed by atoms with van der Waals surface area (Å²) in [5.74, 6) is -0.340. The molecule has 0 saturated carbocycles. The molecule has 0 saturated heterocycles. The maximum Gasteiger partial charge on any atom is 0.272 e. The van der Waals surface area contributed by atoms with Gasteiger partial charge in [0.05, 0.1) is 16.3 Å². The summed E-state index contributed by atoms with van der Waals surface area (Å²) in [5.41, 5.74) is 5.47. The smallest absolute Gasteiger partial charge is 0.267 e. The summed E-state index contributed by atoms with van der Waals surface area (Å²) >= 11 is 11.9. The molecule has 0 spiro atoms. The lowest BCUT2D eigenvalue weighted by Crippen LogP contribution is -2.19. The number of aryl methyl sites for hydroxylation is 1. The second-order valence-electron chi connectivity index (χ2n) is 4.63. The van der Waals surface area contributed by atoms with E-state index in [1.165, 1.54) is 0 Å². The van der Waals surface area contributed by atoms with Gasteiger partial charge in [-0.3, -0.25) is 4.79 Å². The van der Waals surface area contributed by atoms with Crippen LogP contribution in [0.2, 0.25) is 10.0 Å². The lowest BCUT2D eigenvalue weighted by molar-refractivity contribution is 0.0955. The van der Waals surface area contributed by atoms with Crippen molar-refractivity contribution in [1.29, 1.82) is 0 Å². The predicted molar refractivity (Wildman–Crippen MR) is 87.3 cm³/mol. The van der Waals surface area contributed by atoms with E-state index in [0.29, 0.717) is 21.3 Å². The van der Waals surface area contributed by atoms with Crippen LogP contribution in [0, 0.1) is 6.92 Å². The number of nitrogens with zero attached hydrogens (tertiary/aromatic N) is 1. The van der Waals surface area contributed by atoms with Crippen molar-refractivity contribution in [2.75, 3.05) is 0 Å². The summed E-state index contributed by atoms with van der Waals surface area (Å²) in [6.07, 6.45) is 0. The average molecular weight is 321 g/mol. The van der Waals surface area contributed by atoms with Crippen LogP contribution in [0.15, 0.2) is 47.6 Å². The summed E-state index contributed by atoms with van der Waals surface area (Å²) in [6, 6.07) is 12.5. The first-order valence-corrected chi connectivity index (χ1v) is 7.09. The molecule has 0 heterocycles.